The lowest BCUT2D eigenvalue weighted by Crippen LogP contribution is -2.20. The molecule has 0 aliphatic heterocycles. The summed E-state index contributed by atoms with van der Waals surface area (Å²) in [5, 5.41) is 6.59. The zero-order chi connectivity index (χ0) is 22.7. The lowest BCUT2D eigenvalue weighted by molar-refractivity contribution is 0.442. The molecule has 166 valence electrons. The molecule has 0 aliphatic carbocycles. The Labute approximate surface area is 190 Å². The summed E-state index contributed by atoms with van der Waals surface area (Å²) in [6.07, 6.45) is 4.91. The van der Waals surface area contributed by atoms with Gasteiger partial charge in [-0.25, -0.2) is 15.0 Å². The normalized spacial score (nSPS) is 11.8. The monoisotopic (exact) mass is 428 g/mol. The maximum absolute atomic E-state index is 5.03. The summed E-state index contributed by atoms with van der Waals surface area (Å²) in [5.41, 5.74) is 7.38. The molecule has 0 aliphatic rings. The van der Waals surface area contributed by atoms with Crippen LogP contribution in [0, 0.1) is 5.41 Å². The Bertz CT molecular complexity index is 1200. The van der Waals surface area contributed by atoms with Gasteiger partial charge in [0, 0.05) is 31.0 Å². The van der Waals surface area contributed by atoms with Crippen molar-refractivity contribution >= 4 is 11.6 Å². The third-order valence-corrected chi connectivity index (χ3v) is 5.38. The predicted molar refractivity (Wildman–Crippen MR) is 132 cm³/mol. The number of imidazole rings is 1. The number of hydrogen-bond donors (Lipinski definition) is 2. The van der Waals surface area contributed by atoms with Crippen LogP contribution in [0.15, 0.2) is 54.9 Å². The Morgan fingerprint density at radius 1 is 0.969 bits per heavy atom. The van der Waals surface area contributed by atoms with E-state index < -0.39 is 0 Å². The molecule has 4 rings (SSSR count). The average Bonchev–Trinajstić information content (AvgIpc) is 3.16. The molecule has 0 fully saturated rings. The zero-order valence-electron chi connectivity index (χ0n) is 19.6. The van der Waals surface area contributed by atoms with Crippen LogP contribution < -0.4 is 10.6 Å². The van der Waals surface area contributed by atoms with Gasteiger partial charge in [-0.05, 0) is 48.2 Å². The van der Waals surface area contributed by atoms with Crippen LogP contribution in [0.4, 0.5) is 5.95 Å². The molecule has 4 aromatic rings. The largest absolute Gasteiger partial charge is 0.354 e. The number of pyridine rings is 1. The summed E-state index contributed by atoms with van der Waals surface area (Å²) in [6.45, 7) is 10.3. The number of aromatic nitrogens is 4. The molecular weight excluding hydrogens is 396 g/mol. The minimum absolute atomic E-state index is 0.137. The first-order chi connectivity index (χ1) is 15.4. The Hall–Kier alpha value is -3.25. The van der Waals surface area contributed by atoms with Gasteiger partial charge in [0.2, 0.25) is 5.95 Å². The van der Waals surface area contributed by atoms with Crippen molar-refractivity contribution in [3.05, 3.63) is 66.0 Å². The van der Waals surface area contributed by atoms with Crippen LogP contribution in [0.5, 0.6) is 0 Å². The highest BCUT2D eigenvalue weighted by Crippen LogP contribution is 2.32. The van der Waals surface area contributed by atoms with E-state index in [-0.39, 0.29) is 5.41 Å². The maximum Gasteiger partial charge on any atom is 0.223 e. The van der Waals surface area contributed by atoms with Crippen LogP contribution in [0.25, 0.3) is 28.3 Å². The van der Waals surface area contributed by atoms with Gasteiger partial charge < -0.3 is 10.6 Å². The number of rotatable bonds is 7. The van der Waals surface area contributed by atoms with Crippen molar-refractivity contribution in [2.24, 2.45) is 5.41 Å². The fraction of sp³-hybridized carbons (Fsp3) is 0.346. The van der Waals surface area contributed by atoms with Crippen LogP contribution in [0.2, 0.25) is 0 Å². The summed E-state index contributed by atoms with van der Waals surface area (Å²) in [5.74, 6) is 0.631. The van der Waals surface area contributed by atoms with Gasteiger partial charge in [-0.2, -0.15) is 0 Å². The lowest BCUT2D eigenvalue weighted by atomic mass is 9.97. The van der Waals surface area contributed by atoms with Crippen molar-refractivity contribution in [2.75, 3.05) is 18.9 Å². The van der Waals surface area contributed by atoms with Crippen molar-refractivity contribution < 1.29 is 0 Å². The van der Waals surface area contributed by atoms with Crippen LogP contribution in [-0.4, -0.2) is 32.9 Å². The molecule has 6 nitrogen and oxygen atoms in total. The van der Waals surface area contributed by atoms with Crippen LogP contribution in [0.3, 0.4) is 0 Å². The molecule has 0 unspecified atom stereocenters. The second kappa shape index (κ2) is 9.09. The smallest absolute Gasteiger partial charge is 0.223 e. The van der Waals surface area contributed by atoms with E-state index in [0.29, 0.717) is 5.95 Å². The second-order valence-corrected chi connectivity index (χ2v) is 9.33. The first-order valence-corrected chi connectivity index (χ1v) is 11.2. The van der Waals surface area contributed by atoms with Gasteiger partial charge in [0.1, 0.15) is 5.65 Å². The summed E-state index contributed by atoms with van der Waals surface area (Å²) >= 11 is 0. The minimum atomic E-state index is 0.137. The van der Waals surface area contributed by atoms with Gasteiger partial charge in [-0.3, -0.25) is 4.40 Å². The number of fused-ring (bicyclic) bond motifs is 1. The Morgan fingerprint density at radius 2 is 1.75 bits per heavy atom. The molecule has 0 saturated carbocycles. The number of anilines is 1. The molecule has 0 spiro atoms. The van der Waals surface area contributed by atoms with E-state index in [0.717, 1.165) is 47.8 Å². The lowest BCUT2D eigenvalue weighted by Gasteiger charge is -2.18. The molecule has 1 aromatic carbocycles. The third kappa shape index (κ3) is 4.81. The number of hydrogen-bond acceptors (Lipinski definition) is 5. The van der Waals surface area contributed by atoms with Crippen LogP contribution in [-0.2, 0) is 13.0 Å². The summed E-state index contributed by atoms with van der Waals surface area (Å²) in [4.78, 5) is 14.3. The van der Waals surface area contributed by atoms with Gasteiger partial charge in [0.05, 0.1) is 17.1 Å². The third-order valence-electron chi connectivity index (χ3n) is 5.38. The maximum atomic E-state index is 5.03. The molecule has 3 heterocycles. The number of nitrogens with one attached hydrogen (secondary N) is 2. The van der Waals surface area contributed by atoms with Gasteiger partial charge in [-0.1, -0.05) is 52.0 Å². The van der Waals surface area contributed by atoms with Crippen molar-refractivity contribution in [1.29, 1.82) is 0 Å². The van der Waals surface area contributed by atoms with Gasteiger partial charge in [0.25, 0.3) is 0 Å². The van der Waals surface area contributed by atoms with E-state index in [1.807, 2.05) is 19.3 Å². The standard InChI is InChI=1S/C26H32N6/c1-6-18-7-9-20(10-8-18)23-24(32-14-12-19(16-27-5)15-22(32)31-23)21-11-13-28-25(30-21)29-17-26(2,3)4/h7-15,27H,6,16-17H2,1-5H3,(H,28,29,30). The quantitative estimate of drug-likeness (QED) is 0.424. The molecule has 3 aromatic heterocycles. The highest BCUT2D eigenvalue weighted by atomic mass is 15.1. The fourth-order valence-corrected chi connectivity index (χ4v) is 3.67. The molecule has 0 radical (unpaired) electrons. The zero-order valence-corrected chi connectivity index (χ0v) is 19.6. The molecule has 6 heteroatoms. The summed E-state index contributed by atoms with van der Waals surface area (Å²) in [6, 6.07) is 14.9. The number of benzene rings is 1. The SMILES string of the molecule is CCc1ccc(-c2nc3cc(CNC)ccn3c2-c2ccnc(NCC(C)(C)C)n2)cc1. The Kier molecular flexibility index (Phi) is 6.24. The summed E-state index contributed by atoms with van der Waals surface area (Å²) < 4.78 is 2.12. The molecular formula is C26H32N6. The molecule has 0 bridgehead atoms. The van der Waals surface area contributed by atoms with Crippen molar-refractivity contribution in [1.82, 2.24) is 24.7 Å². The van der Waals surface area contributed by atoms with Gasteiger partial charge in [0.15, 0.2) is 0 Å². The van der Waals surface area contributed by atoms with E-state index in [1.54, 1.807) is 0 Å². The predicted octanol–water partition coefficient (Wildman–Crippen LogP) is 5.20. The van der Waals surface area contributed by atoms with Crippen LogP contribution in [0.1, 0.15) is 38.8 Å². The minimum Gasteiger partial charge on any atom is -0.354 e. The highest BCUT2D eigenvalue weighted by Gasteiger charge is 2.18. The average molecular weight is 429 g/mol. The highest BCUT2D eigenvalue weighted by molar-refractivity contribution is 5.81. The van der Waals surface area contributed by atoms with E-state index in [2.05, 4.69) is 90.3 Å². The van der Waals surface area contributed by atoms with E-state index >= 15 is 0 Å². The molecule has 0 amide bonds. The topological polar surface area (TPSA) is 67.1 Å². The van der Waals surface area contributed by atoms with E-state index in [1.165, 1.54) is 11.1 Å². The molecule has 32 heavy (non-hydrogen) atoms. The Morgan fingerprint density at radius 3 is 2.44 bits per heavy atom. The van der Waals surface area contributed by atoms with Crippen molar-refractivity contribution in [3.63, 3.8) is 0 Å². The molecule has 0 saturated heterocycles. The van der Waals surface area contributed by atoms with Crippen LogP contribution >= 0.6 is 0 Å². The van der Waals surface area contributed by atoms with Crippen molar-refractivity contribution in [3.8, 4) is 22.6 Å². The summed E-state index contributed by atoms with van der Waals surface area (Å²) in [7, 11) is 1.95. The second-order valence-electron chi connectivity index (χ2n) is 9.33. The first kappa shape index (κ1) is 22.0. The molecule has 0 atom stereocenters. The number of aryl methyl sites for hydroxylation is 1. The first-order valence-electron chi connectivity index (χ1n) is 11.2. The van der Waals surface area contributed by atoms with Gasteiger partial charge in [-0.15, -0.1) is 0 Å². The van der Waals surface area contributed by atoms with E-state index in [9.17, 15) is 0 Å². The fourth-order valence-electron chi connectivity index (χ4n) is 3.67. The van der Waals surface area contributed by atoms with E-state index in [4.69, 9.17) is 9.97 Å². The van der Waals surface area contributed by atoms with Gasteiger partial charge >= 0.3 is 0 Å². The number of nitrogens with zero attached hydrogens (tertiary/aromatic N) is 4. The molecule has 2 N–H and O–H groups in total. The Balaban J connectivity index is 1.84. The van der Waals surface area contributed by atoms with Crippen molar-refractivity contribution in [2.45, 2.75) is 40.7 Å².